The predicted molar refractivity (Wildman–Crippen MR) is 161 cm³/mol. The van der Waals surface area contributed by atoms with Gasteiger partial charge in [0, 0.05) is 25.0 Å². The Balaban J connectivity index is 1.22. The molecule has 1 aliphatic heterocycles. The second-order valence-electron chi connectivity index (χ2n) is 11.9. The van der Waals surface area contributed by atoms with E-state index in [0.29, 0.717) is 25.4 Å². The fourth-order valence-corrected chi connectivity index (χ4v) is 7.57. The molecule has 2 heterocycles. The van der Waals surface area contributed by atoms with Gasteiger partial charge in [0.05, 0.1) is 16.1 Å². The summed E-state index contributed by atoms with van der Waals surface area (Å²) in [6.45, 7) is 3.10. The second kappa shape index (κ2) is 13.7. The summed E-state index contributed by atoms with van der Waals surface area (Å²) in [6, 6.07) is 7.54. The number of allylic oxidation sites excluding steroid dienone is 1. The first-order valence-corrected chi connectivity index (χ1v) is 16.2. The maximum Gasteiger partial charge on any atom is 0.246 e. The number of amides is 2. The smallest absolute Gasteiger partial charge is 0.246 e. The molecule has 1 aromatic carbocycles. The van der Waals surface area contributed by atoms with Crippen molar-refractivity contribution in [3.8, 4) is 10.4 Å². The molecule has 2 aromatic rings. The standard InChI is InChI=1S/C32H45N5O2S/c1-22-30(40-21-36-22)26-16-14-23(15-17-26)19-35-31(38)28-13-8-18-37(28)32(39)29(25-11-6-3-7-12-25)34-20-27(33)24-9-4-2-5-10-24/h14-17,20-21,24-25,28-29,34H,2-13,18-19,33H2,1H3,(H,35,38)/b27-20-. The van der Waals surface area contributed by atoms with E-state index in [0.717, 1.165) is 67.5 Å². The maximum atomic E-state index is 14.0. The summed E-state index contributed by atoms with van der Waals surface area (Å²) < 4.78 is 0. The lowest BCUT2D eigenvalue weighted by Gasteiger charge is -2.34. The van der Waals surface area contributed by atoms with Gasteiger partial charge in [-0.1, -0.05) is 62.8 Å². The van der Waals surface area contributed by atoms with Crippen LogP contribution in [0.4, 0.5) is 0 Å². The largest absolute Gasteiger partial charge is 0.401 e. The molecule has 8 heteroatoms. The van der Waals surface area contributed by atoms with Crippen LogP contribution in [0.3, 0.4) is 0 Å². The molecule has 2 saturated carbocycles. The van der Waals surface area contributed by atoms with Crippen LogP contribution < -0.4 is 16.4 Å². The number of carbonyl (C=O) groups excluding carboxylic acids is 2. The Kier molecular flexibility index (Phi) is 9.79. The van der Waals surface area contributed by atoms with Crippen LogP contribution in [0, 0.1) is 18.8 Å². The number of aromatic nitrogens is 1. The number of hydrogen-bond donors (Lipinski definition) is 3. The van der Waals surface area contributed by atoms with Crippen molar-refractivity contribution >= 4 is 23.2 Å². The van der Waals surface area contributed by atoms with Gasteiger partial charge in [0.2, 0.25) is 11.8 Å². The molecule has 2 aliphatic carbocycles. The molecule has 0 spiro atoms. The molecular formula is C32H45N5O2S. The first-order chi connectivity index (χ1) is 19.5. The lowest BCUT2D eigenvalue weighted by molar-refractivity contribution is -0.141. The number of nitrogens with one attached hydrogen (secondary N) is 2. The van der Waals surface area contributed by atoms with Crippen molar-refractivity contribution in [2.45, 2.75) is 103 Å². The maximum absolute atomic E-state index is 14.0. The van der Waals surface area contributed by atoms with Gasteiger partial charge in [0.15, 0.2) is 0 Å². The Bertz CT molecular complexity index is 1160. The van der Waals surface area contributed by atoms with Crippen molar-refractivity contribution in [2.75, 3.05) is 6.54 Å². The summed E-state index contributed by atoms with van der Waals surface area (Å²) >= 11 is 1.64. The number of rotatable bonds is 9. The van der Waals surface area contributed by atoms with Crippen LogP contribution in [-0.4, -0.2) is 40.3 Å². The first-order valence-electron chi connectivity index (χ1n) is 15.3. The molecular weight excluding hydrogens is 518 g/mol. The van der Waals surface area contributed by atoms with Gasteiger partial charge in [0.25, 0.3) is 0 Å². The first kappa shape index (κ1) is 28.7. The zero-order valence-corrected chi connectivity index (χ0v) is 24.7. The van der Waals surface area contributed by atoms with Crippen LogP contribution in [0.2, 0.25) is 0 Å². The SMILES string of the molecule is Cc1ncsc1-c1ccc(CNC(=O)C2CCCN2C(=O)C(N/C=C(\N)C2CCCCC2)C2CCCCC2)cc1. The van der Waals surface area contributed by atoms with E-state index in [4.69, 9.17) is 5.73 Å². The van der Waals surface area contributed by atoms with Crippen molar-refractivity contribution in [3.05, 3.63) is 52.9 Å². The highest BCUT2D eigenvalue weighted by Gasteiger charge is 2.39. The number of likely N-dealkylation sites (tertiary alicyclic amines) is 1. The van der Waals surface area contributed by atoms with Crippen LogP contribution in [0.15, 0.2) is 41.7 Å². The molecule has 216 valence electrons. The molecule has 2 amide bonds. The second-order valence-corrected chi connectivity index (χ2v) is 12.7. The van der Waals surface area contributed by atoms with Crippen LogP contribution in [0.5, 0.6) is 0 Å². The van der Waals surface area contributed by atoms with E-state index in [-0.39, 0.29) is 23.8 Å². The number of carbonyl (C=O) groups is 2. The van der Waals surface area contributed by atoms with Gasteiger partial charge in [-0.15, -0.1) is 11.3 Å². The number of thiazole rings is 1. The van der Waals surface area contributed by atoms with E-state index in [9.17, 15) is 9.59 Å². The molecule has 5 rings (SSSR count). The highest BCUT2D eigenvalue weighted by molar-refractivity contribution is 7.13. The molecule has 0 bridgehead atoms. The number of benzene rings is 1. The number of nitrogens with two attached hydrogens (primary N) is 1. The Labute approximate surface area is 243 Å². The van der Waals surface area contributed by atoms with Crippen molar-refractivity contribution in [2.24, 2.45) is 17.6 Å². The summed E-state index contributed by atoms with van der Waals surface area (Å²) in [5.74, 6) is 0.685. The highest BCUT2D eigenvalue weighted by Crippen LogP contribution is 2.31. The minimum atomic E-state index is -0.417. The van der Waals surface area contributed by atoms with Crippen molar-refractivity contribution in [1.29, 1.82) is 0 Å². The van der Waals surface area contributed by atoms with Crippen LogP contribution in [-0.2, 0) is 16.1 Å². The molecule has 2 unspecified atom stereocenters. The topological polar surface area (TPSA) is 100 Å². The summed E-state index contributed by atoms with van der Waals surface area (Å²) in [4.78, 5) is 34.7. The summed E-state index contributed by atoms with van der Waals surface area (Å²) in [5.41, 5.74) is 12.5. The fraction of sp³-hybridized carbons (Fsp3) is 0.594. The number of hydrogen-bond acceptors (Lipinski definition) is 6. The third-order valence-electron chi connectivity index (χ3n) is 9.16. The van der Waals surface area contributed by atoms with Gasteiger partial charge < -0.3 is 21.3 Å². The van der Waals surface area contributed by atoms with E-state index >= 15 is 0 Å². The van der Waals surface area contributed by atoms with Gasteiger partial charge in [-0.25, -0.2) is 4.98 Å². The zero-order chi connectivity index (χ0) is 27.9. The molecule has 2 atom stereocenters. The van der Waals surface area contributed by atoms with Crippen LogP contribution >= 0.6 is 11.3 Å². The molecule has 4 N–H and O–H groups in total. The van der Waals surface area contributed by atoms with Gasteiger partial charge in [-0.3, -0.25) is 9.59 Å². The van der Waals surface area contributed by atoms with Gasteiger partial charge in [-0.05, 0) is 68.4 Å². The summed E-state index contributed by atoms with van der Waals surface area (Å²) in [5, 5.41) is 6.60. The van der Waals surface area contributed by atoms with Crippen LogP contribution in [0.25, 0.3) is 10.4 Å². The van der Waals surface area contributed by atoms with Crippen molar-refractivity contribution in [1.82, 2.24) is 20.5 Å². The van der Waals surface area contributed by atoms with Crippen molar-refractivity contribution in [3.63, 3.8) is 0 Å². The molecule has 40 heavy (non-hydrogen) atoms. The average Bonchev–Trinajstić information content (AvgIpc) is 3.66. The monoisotopic (exact) mass is 563 g/mol. The predicted octanol–water partition coefficient (Wildman–Crippen LogP) is 5.64. The Morgan fingerprint density at radius 1 is 1.02 bits per heavy atom. The van der Waals surface area contributed by atoms with Gasteiger partial charge >= 0.3 is 0 Å². The minimum absolute atomic E-state index is 0.0570. The van der Waals surface area contributed by atoms with E-state index in [1.54, 1.807) is 11.3 Å². The average molecular weight is 564 g/mol. The Hall–Kier alpha value is -2.87. The molecule has 3 aliphatic rings. The minimum Gasteiger partial charge on any atom is -0.401 e. The normalized spacial score (nSPS) is 21.8. The number of aryl methyl sites for hydroxylation is 1. The lowest BCUT2D eigenvalue weighted by Crippen LogP contribution is -2.54. The highest BCUT2D eigenvalue weighted by atomic mass is 32.1. The number of nitrogens with zero attached hydrogens (tertiary/aromatic N) is 2. The fourth-order valence-electron chi connectivity index (χ4n) is 6.76. The third kappa shape index (κ3) is 6.88. The Morgan fingerprint density at radius 3 is 2.40 bits per heavy atom. The molecule has 3 fully saturated rings. The van der Waals surface area contributed by atoms with E-state index in [1.807, 2.05) is 23.5 Å². The van der Waals surface area contributed by atoms with Gasteiger partial charge in [-0.2, -0.15) is 0 Å². The lowest BCUT2D eigenvalue weighted by atomic mass is 9.83. The van der Waals surface area contributed by atoms with Crippen molar-refractivity contribution < 1.29 is 9.59 Å². The zero-order valence-electron chi connectivity index (χ0n) is 23.9. The third-order valence-corrected chi connectivity index (χ3v) is 10.1. The van der Waals surface area contributed by atoms with E-state index in [1.165, 1.54) is 30.6 Å². The Morgan fingerprint density at radius 2 is 1.73 bits per heavy atom. The summed E-state index contributed by atoms with van der Waals surface area (Å²) in [6.07, 6.45) is 15.1. The van der Waals surface area contributed by atoms with E-state index in [2.05, 4.69) is 39.9 Å². The van der Waals surface area contributed by atoms with Gasteiger partial charge in [0.1, 0.15) is 12.1 Å². The quantitative estimate of drug-likeness (QED) is 0.366. The molecule has 7 nitrogen and oxygen atoms in total. The van der Waals surface area contributed by atoms with E-state index < -0.39 is 6.04 Å². The van der Waals surface area contributed by atoms with Crippen LogP contribution in [0.1, 0.15) is 88.3 Å². The molecule has 0 radical (unpaired) electrons. The summed E-state index contributed by atoms with van der Waals surface area (Å²) in [7, 11) is 0. The molecule has 1 saturated heterocycles. The molecule has 1 aromatic heterocycles.